The molecule has 5 nitrogen and oxygen atoms in total. The summed E-state index contributed by atoms with van der Waals surface area (Å²) in [6, 6.07) is 20.0. The molecule has 2 aromatic carbocycles. The number of anilines is 2. The number of hydrogen-bond acceptors (Lipinski definition) is 5. The van der Waals surface area contributed by atoms with Gasteiger partial charge in [0.25, 0.3) is 0 Å². The minimum atomic E-state index is 0.105. The van der Waals surface area contributed by atoms with E-state index in [1.807, 2.05) is 48.5 Å². The van der Waals surface area contributed by atoms with E-state index < -0.39 is 0 Å². The fraction of sp³-hybridized carbons (Fsp3) is 0.200. The van der Waals surface area contributed by atoms with Gasteiger partial charge >= 0.3 is 0 Å². The van der Waals surface area contributed by atoms with Crippen LogP contribution in [-0.4, -0.2) is 16.6 Å². The predicted octanol–water partition coefficient (Wildman–Crippen LogP) is 3.85. The Morgan fingerprint density at radius 3 is 2.40 bits per heavy atom. The number of aromatic nitrogens is 2. The highest BCUT2D eigenvalue weighted by Crippen LogP contribution is 2.18. The number of nitrogens with zero attached hydrogens (tertiary/aromatic N) is 2. The molecule has 1 heterocycles. The summed E-state index contributed by atoms with van der Waals surface area (Å²) in [6.45, 7) is 2.60. The van der Waals surface area contributed by atoms with Crippen LogP contribution in [0.1, 0.15) is 24.1 Å². The van der Waals surface area contributed by atoms with E-state index >= 15 is 0 Å². The van der Waals surface area contributed by atoms with Crippen molar-refractivity contribution in [3.8, 4) is 5.75 Å². The molecule has 3 aromatic rings. The second kappa shape index (κ2) is 8.15. The molecule has 128 valence electrons. The highest BCUT2D eigenvalue weighted by atomic mass is 16.5. The first-order valence-corrected chi connectivity index (χ1v) is 8.33. The van der Waals surface area contributed by atoms with Gasteiger partial charge in [0.05, 0.1) is 12.6 Å². The van der Waals surface area contributed by atoms with Crippen LogP contribution in [0.4, 0.5) is 11.8 Å². The first kappa shape index (κ1) is 16.8. The van der Waals surface area contributed by atoms with Gasteiger partial charge in [-0.25, -0.2) is 4.98 Å². The SMILES string of the molecule is C[C@@H](Nc1ncc(CCOc2ccccc2)c(N)n1)c1ccccc1. The lowest BCUT2D eigenvalue weighted by molar-refractivity contribution is 0.322. The van der Waals surface area contributed by atoms with Gasteiger partial charge in [-0.3, -0.25) is 0 Å². The van der Waals surface area contributed by atoms with Crippen molar-refractivity contribution < 1.29 is 4.74 Å². The molecule has 0 saturated carbocycles. The van der Waals surface area contributed by atoms with Gasteiger partial charge in [0.1, 0.15) is 11.6 Å². The van der Waals surface area contributed by atoms with Gasteiger partial charge in [0.2, 0.25) is 5.95 Å². The first-order valence-electron chi connectivity index (χ1n) is 8.33. The van der Waals surface area contributed by atoms with E-state index in [1.54, 1.807) is 6.20 Å². The third kappa shape index (κ3) is 4.70. The van der Waals surface area contributed by atoms with Gasteiger partial charge in [-0.15, -0.1) is 0 Å². The summed E-state index contributed by atoms with van der Waals surface area (Å²) in [6.07, 6.45) is 2.42. The Labute approximate surface area is 147 Å². The Bertz CT molecular complexity index is 793. The summed E-state index contributed by atoms with van der Waals surface area (Å²) in [4.78, 5) is 8.74. The Balaban J connectivity index is 1.57. The Morgan fingerprint density at radius 1 is 1.04 bits per heavy atom. The Kier molecular flexibility index (Phi) is 5.46. The van der Waals surface area contributed by atoms with Crippen LogP contribution < -0.4 is 15.8 Å². The van der Waals surface area contributed by atoms with E-state index in [1.165, 1.54) is 5.56 Å². The molecule has 5 heteroatoms. The van der Waals surface area contributed by atoms with Crippen LogP contribution in [0.5, 0.6) is 5.75 Å². The number of nitrogen functional groups attached to an aromatic ring is 1. The summed E-state index contributed by atoms with van der Waals surface area (Å²) in [7, 11) is 0. The Morgan fingerprint density at radius 2 is 1.72 bits per heavy atom. The normalized spacial score (nSPS) is 11.7. The molecule has 3 rings (SSSR count). The van der Waals surface area contributed by atoms with Crippen molar-refractivity contribution in [2.75, 3.05) is 17.7 Å². The number of nitrogens with two attached hydrogens (primary N) is 1. The van der Waals surface area contributed by atoms with Crippen molar-refractivity contribution in [1.29, 1.82) is 0 Å². The fourth-order valence-electron chi connectivity index (χ4n) is 2.50. The van der Waals surface area contributed by atoms with Gasteiger partial charge in [-0.2, -0.15) is 4.98 Å². The van der Waals surface area contributed by atoms with Crippen LogP contribution in [-0.2, 0) is 6.42 Å². The fourth-order valence-corrected chi connectivity index (χ4v) is 2.50. The van der Waals surface area contributed by atoms with Crippen molar-refractivity contribution in [1.82, 2.24) is 9.97 Å². The standard InChI is InChI=1S/C20H22N4O/c1-15(16-8-4-2-5-9-16)23-20-22-14-17(19(21)24-20)12-13-25-18-10-6-3-7-11-18/h2-11,14-15H,12-13H2,1H3,(H3,21,22,23,24)/t15-/m1/s1. The molecule has 1 atom stereocenters. The van der Waals surface area contributed by atoms with E-state index in [-0.39, 0.29) is 6.04 Å². The van der Waals surface area contributed by atoms with Crippen LogP contribution in [0.3, 0.4) is 0 Å². The van der Waals surface area contributed by atoms with Crippen LogP contribution in [0.25, 0.3) is 0 Å². The zero-order chi connectivity index (χ0) is 17.5. The largest absolute Gasteiger partial charge is 0.493 e. The quantitative estimate of drug-likeness (QED) is 0.686. The number of nitrogens with one attached hydrogen (secondary N) is 1. The summed E-state index contributed by atoms with van der Waals surface area (Å²) in [5.74, 6) is 1.85. The number of para-hydroxylation sites is 1. The van der Waals surface area contributed by atoms with E-state index in [2.05, 4.69) is 34.3 Å². The van der Waals surface area contributed by atoms with Gasteiger partial charge in [0.15, 0.2) is 0 Å². The summed E-state index contributed by atoms with van der Waals surface area (Å²) in [5.41, 5.74) is 8.12. The summed E-state index contributed by atoms with van der Waals surface area (Å²) < 4.78 is 5.69. The lowest BCUT2D eigenvalue weighted by Gasteiger charge is -2.15. The molecule has 25 heavy (non-hydrogen) atoms. The maximum absolute atomic E-state index is 6.07. The zero-order valence-electron chi connectivity index (χ0n) is 14.2. The maximum Gasteiger partial charge on any atom is 0.225 e. The second-order valence-electron chi connectivity index (χ2n) is 5.79. The number of hydrogen-bond donors (Lipinski definition) is 2. The lowest BCUT2D eigenvalue weighted by atomic mass is 10.1. The van der Waals surface area contributed by atoms with Crippen LogP contribution in [0.2, 0.25) is 0 Å². The van der Waals surface area contributed by atoms with Gasteiger partial charge < -0.3 is 15.8 Å². The molecule has 0 spiro atoms. The van der Waals surface area contributed by atoms with Crippen molar-refractivity contribution in [2.24, 2.45) is 0 Å². The van der Waals surface area contributed by atoms with Gasteiger partial charge in [-0.05, 0) is 24.6 Å². The average Bonchev–Trinajstić information content (AvgIpc) is 2.65. The molecule has 0 aliphatic carbocycles. The van der Waals surface area contributed by atoms with Crippen molar-refractivity contribution in [3.05, 3.63) is 78.0 Å². The molecule has 0 aliphatic heterocycles. The maximum atomic E-state index is 6.07. The molecule has 1 aromatic heterocycles. The van der Waals surface area contributed by atoms with Crippen LogP contribution in [0, 0.1) is 0 Å². The average molecular weight is 334 g/mol. The minimum absolute atomic E-state index is 0.105. The third-order valence-corrected chi connectivity index (χ3v) is 3.93. The molecule has 0 bridgehead atoms. The molecule has 3 N–H and O–H groups in total. The second-order valence-corrected chi connectivity index (χ2v) is 5.79. The topological polar surface area (TPSA) is 73.1 Å². The third-order valence-electron chi connectivity index (χ3n) is 3.93. The summed E-state index contributed by atoms with van der Waals surface area (Å²) >= 11 is 0. The highest BCUT2D eigenvalue weighted by Gasteiger charge is 2.09. The predicted molar refractivity (Wildman–Crippen MR) is 101 cm³/mol. The molecule has 0 saturated heterocycles. The smallest absolute Gasteiger partial charge is 0.225 e. The van der Waals surface area contributed by atoms with Gasteiger partial charge in [-0.1, -0.05) is 48.5 Å². The lowest BCUT2D eigenvalue weighted by Crippen LogP contribution is -2.12. The molecular weight excluding hydrogens is 312 g/mol. The molecule has 0 amide bonds. The molecule has 0 unspecified atom stereocenters. The molecular formula is C20H22N4O. The van der Waals surface area contributed by atoms with Crippen LogP contribution in [0.15, 0.2) is 66.9 Å². The van der Waals surface area contributed by atoms with Gasteiger partial charge in [0, 0.05) is 18.2 Å². The van der Waals surface area contributed by atoms with Crippen molar-refractivity contribution in [3.63, 3.8) is 0 Å². The number of rotatable bonds is 7. The monoisotopic (exact) mass is 334 g/mol. The minimum Gasteiger partial charge on any atom is -0.493 e. The van der Waals surface area contributed by atoms with E-state index in [0.29, 0.717) is 24.8 Å². The molecule has 0 radical (unpaired) electrons. The molecule has 0 aliphatic rings. The summed E-state index contributed by atoms with van der Waals surface area (Å²) in [5, 5.41) is 3.27. The van der Waals surface area contributed by atoms with Crippen molar-refractivity contribution >= 4 is 11.8 Å². The van der Waals surface area contributed by atoms with E-state index in [0.717, 1.165) is 11.3 Å². The number of ether oxygens (including phenoxy) is 1. The highest BCUT2D eigenvalue weighted by molar-refractivity contribution is 5.44. The van der Waals surface area contributed by atoms with Crippen molar-refractivity contribution in [2.45, 2.75) is 19.4 Å². The first-order chi connectivity index (χ1) is 12.2. The number of benzene rings is 2. The molecule has 0 fully saturated rings. The van der Waals surface area contributed by atoms with E-state index in [9.17, 15) is 0 Å². The zero-order valence-corrected chi connectivity index (χ0v) is 14.2. The Hall–Kier alpha value is -3.08. The van der Waals surface area contributed by atoms with E-state index in [4.69, 9.17) is 10.5 Å². The van der Waals surface area contributed by atoms with Crippen LogP contribution >= 0.6 is 0 Å².